The highest BCUT2D eigenvalue weighted by Crippen LogP contribution is 2.31. The summed E-state index contributed by atoms with van der Waals surface area (Å²) in [6.45, 7) is 5.17. The van der Waals surface area contributed by atoms with Gasteiger partial charge in [-0.2, -0.15) is 0 Å². The predicted octanol–water partition coefficient (Wildman–Crippen LogP) is 4.46. The minimum absolute atomic E-state index is 0.169. The van der Waals surface area contributed by atoms with E-state index in [2.05, 4.69) is 86.9 Å². The Labute approximate surface area is 136 Å². The SMILES string of the molecule is CCNC(c1cnccc1C)c1cc(I)ccc1Br. The van der Waals surface area contributed by atoms with Crippen LogP contribution in [0.25, 0.3) is 0 Å². The molecular formula is C15H16BrIN2. The molecule has 4 heteroatoms. The Morgan fingerprint density at radius 1 is 1.32 bits per heavy atom. The number of halogens is 2. The average Bonchev–Trinajstić information content (AvgIpc) is 2.40. The highest BCUT2D eigenvalue weighted by atomic mass is 127. The van der Waals surface area contributed by atoms with Crippen LogP contribution in [0.15, 0.2) is 41.1 Å². The number of aromatic nitrogens is 1. The van der Waals surface area contributed by atoms with Gasteiger partial charge >= 0.3 is 0 Å². The third kappa shape index (κ3) is 3.55. The van der Waals surface area contributed by atoms with Crippen molar-refractivity contribution >= 4 is 38.5 Å². The van der Waals surface area contributed by atoms with Crippen molar-refractivity contribution in [1.82, 2.24) is 10.3 Å². The molecule has 0 bridgehead atoms. The largest absolute Gasteiger partial charge is 0.306 e. The zero-order valence-corrected chi connectivity index (χ0v) is 14.7. The Morgan fingerprint density at radius 3 is 2.79 bits per heavy atom. The third-order valence-corrected chi connectivity index (χ3v) is 4.46. The molecule has 0 radical (unpaired) electrons. The standard InChI is InChI=1S/C15H16BrIN2/c1-3-19-15(13-9-18-7-6-10(13)2)12-8-11(17)4-5-14(12)16/h4-9,15,19H,3H2,1-2H3. The summed E-state index contributed by atoms with van der Waals surface area (Å²) in [7, 11) is 0. The lowest BCUT2D eigenvalue weighted by Crippen LogP contribution is -2.23. The molecule has 1 heterocycles. The number of hydrogen-bond acceptors (Lipinski definition) is 2. The van der Waals surface area contributed by atoms with Gasteiger partial charge in [-0.1, -0.05) is 22.9 Å². The van der Waals surface area contributed by atoms with E-state index in [0.29, 0.717) is 0 Å². The number of rotatable bonds is 4. The van der Waals surface area contributed by atoms with Gasteiger partial charge < -0.3 is 5.32 Å². The predicted molar refractivity (Wildman–Crippen MR) is 91.4 cm³/mol. The summed E-state index contributed by atoms with van der Waals surface area (Å²) < 4.78 is 2.36. The van der Waals surface area contributed by atoms with Crippen LogP contribution in [0, 0.1) is 10.5 Å². The summed E-state index contributed by atoms with van der Waals surface area (Å²) in [6.07, 6.45) is 3.79. The Balaban J connectivity index is 2.51. The molecular weight excluding hydrogens is 415 g/mol. The maximum atomic E-state index is 4.27. The molecule has 0 saturated heterocycles. The first-order chi connectivity index (χ1) is 9.13. The van der Waals surface area contributed by atoms with Gasteiger partial charge in [0, 0.05) is 20.4 Å². The Morgan fingerprint density at radius 2 is 2.11 bits per heavy atom. The van der Waals surface area contributed by atoms with E-state index < -0.39 is 0 Å². The van der Waals surface area contributed by atoms with E-state index in [1.807, 2.05) is 12.4 Å². The molecule has 1 aromatic carbocycles. The molecule has 1 atom stereocenters. The third-order valence-electron chi connectivity index (χ3n) is 3.07. The average molecular weight is 431 g/mol. The Kier molecular flexibility index (Phi) is 5.36. The summed E-state index contributed by atoms with van der Waals surface area (Å²) in [6, 6.07) is 8.65. The van der Waals surface area contributed by atoms with Crippen LogP contribution in [0.3, 0.4) is 0 Å². The fourth-order valence-corrected chi connectivity index (χ4v) is 3.10. The van der Waals surface area contributed by atoms with Crippen molar-refractivity contribution in [3.05, 3.63) is 61.4 Å². The fourth-order valence-electron chi connectivity index (χ4n) is 2.11. The highest BCUT2D eigenvalue weighted by Gasteiger charge is 2.18. The highest BCUT2D eigenvalue weighted by molar-refractivity contribution is 14.1. The summed E-state index contributed by atoms with van der Waals surface area (Å²) in [5, 5.41) is 3.55. The molecule has 0 spiro atoms. The van der Waals surface area contributed by atoms with Gasteiger partial charge in [-0.15, -0.1) is 0 Å². The van der Waals surface area contributed by atoms with Crippen LogP contribution in [0.2, 0.25) is 0 Å². The van der Waals surface area contributed by atoms with Gasteiger partial charge in [0.2, 0.25) is 0 Å². The molecule has 0 aliphatic rings. The first kappa shape index (κ1) is 14.9. The monoisotopic (exact) mass is 430 g/mol. The van der Waals surface area contributed by atoms with Crippen molar-refractivity contribution in [2.75, 3.05) is 6.54 Å². The van der Waals surface area contributed by atoms with E-state index in [9.17, 15) is 0 Å². The topological polar surface area (TPSA) is 24.9 Å². The molecule has 100 valence electrons. The summed E-state index contributed by atoms with van der Waals surface area (Å²) >= 11 is 6.01. The second-order valence-corrected chi connectivity index (χ2v) is 6.49. The van der Waals surface area contributed by atoms with Gasteiger partial charge in [0.1, 0.15) is 0 Å². The first-order valence-corrected chi connectivity index (χ1v) is 8.09. The second kappa shape index (κ2) is 6.81. The van der Waals surface area contributed by atoms with Crippen molar-refractivity contribution in [1.29, 1.82) is 0 Å². The van der Waals surface area contributed by atoms with Crippen molar-refractivity contribution in [3.8, 4) is 0 Å². The molecule has 1 aromatic heterocycles. The summed E-state index contributed by atoms with van der Waals surface area (Å²) in [5.74, 6) is 0. The molecule has 0 aliphatic heterocycles. The van der Waals surface area contributed by atoms with Crippen LogP contribution in [-0.2, 0) is 0 Å². The Hall–Kier alpha value is -0.460. The lowest BCUT2D eigenvalue weighted by Gasteiger charge is -2.22. The summed E-state index contributed by atoms with van der Waals surface area (Å²) in [5.41, 5.74) is 3.74. The molecule has 0 amide bonds. The zero-order valence-electron chi connectivity index (χ0n) is 11.0. The molecule has 0 aliphatic carbocycles. The van der Waals surface area contributed by atoms with Crippen LogP contribution in [0.1, 0.15) is 29.7 Å². The smallest absolute Gasteiger partial charge is 0.0606 e. The van der Waals surface area contributed by atoms with E-state index in [0.717, 1.165) is 11.0 Å². The van der Waals surface area contributed by atoms with Gasteiger partial charge in [0.05, 0.1) is 6.04 Å². The molecule has 2 rings (SSSR count). The minimum atomic E-state index is 0.169. The molecule has 0 fully saturated rings. The molecule has 0 saturated carbocycles. The fraction of sp³-hybridized carbons (Fsp3) is 0.267. The quantitative estimate of drug-likeness (QED) is 0.724. The van der Waals surface area contributed by atoms with E-state index >= 15 is 0 Å². The van der Waals surface area contributed by atoms with Crippen LogP contribution >= 0.6 is 38.5 Å². The van der Waals surface area contributed by atoms with E-state index in [1.165, 1.54) is 20.3 Å². The van der Waals surface area contributed by atoms with Crippen LogP contribution in [-0.4, -0.2) is 11.5 Å². The Bertz CT molecular complexity index is 572. The maximum Gasteiger partial charge on any atom is 0.0606 e. The second-order valence-electron chi connectivity index (χ2n) is 4.39. The molecule has 1 N–H and O–H groups in total. The lowest BCUT2D eigenvalue weighted by molar-refractivity contribution is 0.623. The molecule has 19 heavy (non-hydrogen) atoms. The maximum absolute atomic E-state index is 4.27. The van der Waals surface area contributed by atoms with Crippen LogP contribution in [0.5, 0.6) is 0 Å². The van der Waals surface area contributed by atoms with E-state index in [1.54, 1.807) is 0 Å². The number of nitrogens with one attached hydrogen (secondary N) is 1. The number of aryl methyl sites for hydroxylation is 1. The number of benzene rings is 1. The first-order valence-electron chi connectivity index (χ1n) is 6.22. The number of pyridine rings is 1. The van der Waals surface area contributed by atoms with Crippen molar-refractivity contribution in [3.63, 3.8) is 0 Å². The minimum Gasteiger partial charge on any atom is -0.306 e. The lowest BCUT2D eigenvalue weighted by atomic mass is 9.97. The van der Waals surface area contributed by atoms with Gasteiger partial charge in [0.25, 0.3) is 0 Å². The van der Waals surface area contributed by atoms with E-state index in [-0.39, 0.29) is 6.04 Å². The number of nitrogens with zero attached hydrogens (tertiary/aromatic N) is 1. The van der Waals surface area contributed by atoms with Crippen LogP contribution < -0.4 is 5.32 Å². The van der Waals surface area contributed by atoms with Gasteiger partial charge in [-0.05, 0) is 77.0 Å². The molecule has 1 unspecified atom stereocenters. The number of hydrogen-bond donors (Lipinski definition) is 1. The molecule has 2 nitrogen and oxygen atoms in total. The van der Waals surface area contributed by atoms with Gasteiger partial charge in [0.15, 0.2) is 0 Å². The van der Waals surface area contributed by atoms with Crippen molar-refractivity contribution < 1.29 is 0 Å². The van der Waals surface area contributed by atoms with E-state index in [4.69, 9.17) is 0 Å². The normalized spacial score (nSPS) is 12.4. The van der Waals surface area contributed by atoms with Crippen molar-refractivity contribution in [2.45, 2.75) is 19.9 Å². The summed E-state index contributed by atoms with van der Waals surface area (Å²) in [4.78, 5) is 4.27. The van der Waals surface area contributed by atoms with Gasteiger partial charge in [-0.3, -0.25) is 4.98 Å². The van der Waals surface area contributed by atoms with Crippen LogP contribution in [0.4, 0.5) is 0 Å². The zero-order chi connectivity index (χ0) is 13.8. The van der Waals surface area contributed by atoms with Gasteiger partial charge in [-0.25, -0.2) is 0 Å². The molecule has 2 aromatic rings. The van der Waals surface area contributed by atoms with Crippen molar-refractivity contribution in [2.24, 2.45) is 0 Å².